The number of carbonyl (C=O) groups excluding carboxylic acids is 1. The van der Waals surface area contributed by atoms with Gasteiger partial charge in [-0.05, 0) is 19.8 Å². The maximum absolute atomic E-state index is 13.3. The average molecular weight is 261 g/mol. The SMILES string of the molecule is CC(CCCO)NC(=O)c1c(F)cc(F)cc1F. The molecule has 0 heterocycles. The van der Waals surface area contributed by atoms with Crippen molar-refractivity contribution in [3.8, 4) is 0 Å². The van der Waals surface area contributed by atoms with E-state index in [-0.39, 0.29) is 12.6 Å². The van der Waals surface area contributed by atoms with Crippen molar-refractivity contribution < 1.29 is 23.1 Å². The number of aliphatic hydroxyl groups excluding tert-OH is 1. The third-order valence-corrected chi connectivity index (χ3v) is 2.41. The number of aliphatic hydroxyl groups is 1. The Morgan fingerprint density at radius 2 is 1.89 bits per heavy atom. The molecule has 1 amide bonds. The van der Waals surface area contributed by atoms with Gasteiger partial charge in [0, 0.05) is 24.8 Å². The highest BCUT2D eigenvalue weighted by Crippen LogP contribution is 2.15. The van der Waals surface area contributed by atoms with E-state index in [1.54, 1.807) is 6.92 Å². The van der Waals surface area contributed by atoms with Crippen molar-refractivity contribution in [1.82, 2.24) is 5.32 Å². The molecule has 1 aromatic rings. The van der Waals surface area contributed by atoms with Crippen LogP contribution in [-0.4, -0.2) is 23.7 Å². The van der Waals surface area contributed by atoms with Gasteiger partial charge in [-0.25, -0.2) is 13.2 Å². The number of hydrogen-bond donors (Lipinski definition) is 2. The van der Waals surface area contributed by atoms with E-state index in [0.717, 1.165) is 0 Å². The smallest absolute Gasteiger partial charge is 0.257 e. The van der Waals surface area contributed by atoms with Crippen molar-refractivity contribution in [1.29, 1.82) is 0 Å². The van der Waals surface area contributed by atoms with Gasteiger partial charge in [-0.15, -0.1) is 0 Å². The van der Waals surface area contributed by atoms with Crippen LogP contribution in [0, 0.1) is 17.5 Å². The van der Waals surface area contributed by atoms with Gasteiger partial charge >= 0.3 is 0 Å². The highest BCUT2D eigenvalue weighted by Gasteiger charge is 2.20. The molecule has 0 fully saturated rings. The van der Waals surface area contributed by atoms with Crippen LogP contribution in [0.2, 0.25) is 0 Å². The van der Waals surface area contributed by atoms with E-state index in [0.29, 0.717) is 25.0 Å². The fraction of sp³-hybridized carbons (Fsp3) is 0.417. The topological polar surface area (TPSA) is 49.3 Å². The number of nitrogens with one attached hydrogen (secondary N) is 1. The van der Waals surface area contributed by atoms with E-state index >= 15 is 0 Å². The average Bonchev–Trinajstić information content (AvgIpc) is 2.24. The molecule has 100 valence electrons. The number of rotatable bonds is 5. The van der Waals surface area contributed by atoms with Crippen molar-refractivity contribution in [2.24, 2.45) is 0 Å². The van der Waals surface area contributed by atoms with Crippen LogP contribution < -0.4 is 5.32 Å². The van der Waals surface area contributed by atoms with Crippen molar-refractivity contribution in [3.05, 3.63) is 35.1 Å². The van der Waals surface area contributed by atoms with Crippen LogP contribution in [0.4, 0.5) is 13.2 Å². The predicted molar refractivity (Wildman–Crippen MR) is 59.6 cm³/mol. The zero-order valence-corrected chi connectivity index (χ0v) is 9.84. The summed E-state index contributed by atoms with van der Waals surface area (Å²) in [5, 5.41) is 11.0. The van der Waals surface area contributed by atoms with Gasteiger partial charge in [0.05, 0.1) is 0 Å². The normalized spacial score (nSPS) is 12.3. The number of amides is 1. The van der Waals surface area contributed by atoms with Crippen molar-refractivity contribution in [2.75, 3.05) is 6.61 Å². The Hall–Kier alpha value is -1.56. The third-order valence-electron chi connectivity index (χ3n) is 2.41. The van der Waals surface area contributed by atoms with Crippen molar-refractivity contribution in [2.45, 2.75) is 25.8 Å². The molecule has 0 aromatic heterocycles. The zero-order chi connectivity index (χ0) is 13.7. The van der Waals surface area contributed by atoms with Crippen LogP contribution in [0.1, 0.15) is 30.1 Å². The molecule has 3 nitrogen and oxygen atoms in total. The zero-order valence-electron chi connectivity index (χ0n) is 9.84. The molecule has 0 aliphatic carbocycles. The van der Waals surface area contributed by atoms with Gasteiger partial charge in [0.15, 0.2) is 0 Å². The van der Waals surface area contributed by atoms with Crippen LogP contribution in [0.15, 0.2) is 12.1 Å². The van der Waals surface area contributed by atoms with Gasteiger partial charge in [0.1, 0.15) is 23.0 Å². The van der Waals surface area contributed by atoms with Gasteiger partial charge in [-0.2, -0.15) is 0 Å². The minimum Gasteiger partial charge on any atom is -0.396 e. The molecule has 1 aromatic carbocycles. The summed E-state index contributed by atoms with van der Waals surface area (Å²) in [7, 11) is 0. The van der Waals surface area contributed by atoms with Crippen molar-refractivity contribution >= 4 is 5.91 Å². The highest BCUT2D eigenvalue weighted by molar-refractivity contribution is 5.94. The number of hydrogen-bond acceptors (Lipinski definition) is 2. The van der Waals surface area contributed by atoms with Crippen LogP contribution in [0.3, 0.4) is 0 Å². The highest BCUT2D eigenvalue weighted by atomic mass is 19.1. The van der Waals surface area contributed by atoms with Gasteiger partial charge in [-0.3, -0.25) is 4.79 Å². The molecule has 0 aliphatic heterocycles. The lowest BCUT2D eigenvalue weighted by molar-refractivity contribution is 0.0927. The van der Waals surface area contributed by atoms with Crippen molar-refractivity contribution in [3.63, 3.8) is 0 Å². The second kappa shape index (κ2) is 6.39. The molecule has 0 radical (unpaired) electrons. The second-order valence-electron chi connectivity index (χ2n) is 3.98. The summed E-state index contributed by atoms with van der Waals surface area (Å²) in [6, 6.07) is 0.570. The lowest BCUT2D eigenvalue weighted by Crippen LogP contribution is -2.34. The summed E-state index contributed by atoms with van der Waals surface area (Å²) < 4.78 is 39.2. The van der Waals surface area contributed by atoms with Crippen LogP contribution in [-0.2, 0) is 0 Å². The van der Waals surface area contributed by atoms with Gasteiger partial charge in [0.25, 0.3) is 5.91 Å². The quantitative estimate of drug-likeness (QED) is 0.851. The Kier molecular flexibility index (Phi) is 5.15. The van der Waals surface area contributed by atoms with E-state index in [4.69, 9.17) is 5.11 Å². The van der Waals surface area contributed by atoms with E-state index in [1.165, 1.54) is 0 Å². The molecule has 18 heavy (non-hydrogen) atoms. The second-order valence-corrected chi connectivity index (χ2v) is 3.98. The Morgan fingerprint density at radius 1 is 1.33 bits per heavy atom. The van der Waals surface area contributed by atoms with Crippen LogP contribution >= 0.6 is 0 Å². The maximum Gasteiger partial charge on any atom is 0.257 e. The number of benzene rings is 1. The molecular formula is C12H14F3NO2. The Balaban J connectivity index is 2.78. The molecule has 0 spiro atoms. The molecule has 0 aliphatic rings. The summed E-state index contributed by atoms with van der Waals surface area (Å²) >= 11 is 0. The minimum absolute atomic E-state index is 0.0283. The summed E-state index contributed by atoms with van der Waals surface area (Å²) in [6.07, 6.45) is 0.947. The van der Waals surface area contributed by atoms with Crippen LogP contribution in [0.5, 0.6) is 0 Å². The first kappa shape index (κ1) is 14.5. The van der Waals surface area contributed by atoms with E-state index < -0.39 is 28.9 Å². The first-order valence-electron chi connectivity index (χ1n) is 5.52. The fourth-order valence-electron chi connectivity index (χ4n) is 1.52. The molecule has 6 heteroatoms. The minimum atomic E-state index is -1.24. The summed E-state index contributed by atoms with van der Waals surface area (Å²) in [6.45, 7) is 1.62. The first-order valence-corrected chi connectivity index (χ1v) is 5.52. The molecule has 1 unspecified atom stereocenters. The molecule has 0 saturated heterocycles. The summed E-state index contributed by atoms with van der Waals surface area (Å²) in [5.41, 5.74) is -0.799. The lowest BCUT2D eigenvalue weighted by Gasteiger charge is -2.13. The molecule has 1 rings (SSSR count). The Labute approximate surface area is 103 Å². The monoisotopic (exact) mass is 261 g/mol. The Bertz CT molecular complexity index is 414. The maximum atomic E-state index is 13.3. The molecule has 2 N–H and O–H groups in total. The van der Waals surface area contributed by atoms with E-state index in [2.05, 4.69) is 5.32 Å². The molecule has 0 bridgehead atoms. The summed E-state index contributed by atoms with van der Waals surface area (Å²) in [5.74, 6) is -4.48. The summed E-state index contributed by atoms with van der Waals surface area (Å²) in [4.78, 5) is 11.6. The largest absolute Gasteiger partial charge is 0.396 e. The van der Waals surface area contributed by atoms with E-state index in [1.807, 2.05) is 0 Å². The van der Waals surface area contributed by atoms with Gasteiger partial charge in [0.2, 0.25) is 0 Å². The Morgan fingerprint density at radius 3 is 2.39 bits per heavy atom. The number of carbonyl (C=O) groups is 1. The standard InChI is InChI=1S/C12H14F3NO2/c1-7(3-2-4-17)16-12(18)11-9(14)5-8(13)6-10(11)15/h5-7,17H,2-4H2,1H3,(H,16,18). The molecule has 0 saturated carbocycles. The fourth-order valence-corrected chi connectivity index (χ4v) is 1.52. The predicted octanol–water partition coefficient (Wildman–Crippen LogP) is 1.99. The van der Waals surface area contributed by atoms with Gasteiger partial charge in [-0.1, -0.05) is 0 Å². The first-order chi connectivity index (χ1) is 8.45. The van der Waals surface area contributed by atoms with E-state index in [9.17, 15) is 18.0 Å². The van der Waals surface area contributed by atoms with Gasteiger partial charge < -0.3 is 10.4 Å². The molecular weight excluding hydrogens is 247 g/mol. The third kappa shape index (κ3) is 3.73. The molecule has 1 atom stereocenters. The lowest BCUT2D eigenvalue weighted by atomic mass is 10.1. The van der Waals surface area contributed by atoms with Crippen LogP contribution in [0.25, 0.3) is 0 Å². The number of halogens is 3.